The highest BCUT2D eigenvalue weighted by Crippen LogP contribution is 2.19. The van der Waals surface area contributed by atoms with Crippen LogP contribution in [0, 0.1) is 5.41 Å². The molecular formula is C12H17N. The maximum absolute atomic E-state index is 5.80. The standard InChI is InChI=1S/C12H17N/c1-12(2,3)9-8-10-6-4-5-7-11(10)13/h4-9H,13H2,1-3H3. The normalized spacial score (nSPS) is 12.2. The summed E-state index contributed by atoms with van der Waals surface area (Å²) in [5.74, 6) is 0. The van der Waals surface area contributed by atoms with Crippen LogP contribution in [0.25, 0.3) is 6.08 Å². The first-order valence-electron chi connectivity index (χ1n) is 4.53. The van der Waals surface area contributed by atoms with E-state index in [-0.39, 0.29) is 5.41 Å². The van der Waals surface area contributed by atoms with Gasteiger partial charge >= 0.3 is 0 Å². The summed E-state index contributed by atoms with van der Waals surface area (Å²) >= 11 is 0. The minimum Gasteiger partial charge on any atom is -0.398 e. The van der Waals surface area contributed by atoms with Crippen LogP contribution in [0.3, 0.4) is 0 Å². The van der Waals surface area contributed by atoms with Gasteiger partial charge in [-0.2, -0.15) is 0 Å². The average molecular weight is 175 g/mol. The largest absolute Gasteiger partial charge is 0.398 e. The van der Waals surface area contributed by atoms with Crippen LogP contribution < -0.4 is 5.73 Å². The first kappa shape index (κ1) is 9.85. The highest BCUT2D eigenvalue weighted by molar-refractivity contribution is 5.64. The average Bonchev–Trinajstić information content (AvgIpc) is 2.01. The fraction of sp³-hybridized carbons (Fsp3) is 0.333. The van der Waals surface area contributed by atoms with Gasteiger partial charge in [0.25, 0.3) is 0 Å². The summed E-state index contributed by atoms with van der Waals surface area (Å²) in [7, 11) is 0. The Morgan fingerprint density at radius 3 is 2.31 bits per heavy atom. The van der Waals surface area contributed by atoms with E-state index >= 15 is 0 Å². The molecule has 0 aliphatic carbocycles. The van der Waals surface area contributed by atoms with Gasteiger partial charge in [0.15, 0.2) is 0 Å². The van der Waals surface area contributed by atoms with Crippen LogP contribution in [0.2, 0.25) is 0 Å². The van der Waals surface area contributed by atoms with Crippen LogP contribution in [-0.2, 0) is 0 Å². The van der Waals surface area contributed by atoms with Gasteiger partial charge < -0.3 is 5.73 Å². The first-order valence-corrected chi connectivity index (χ1v) is 4.53. The fourth-order valence-electron chi connectivity index (χ4n) is 1.00. The first-order chi connectivity index (χ1) is 5.99. The number of para-hydroxylation sites is 1. The Balaban J connectivity index is 2.86. The van der Waals surface area contributed by atoms with Crippen molar-refractivity contribution in [2.75, 3.05) is 5.73 Å². The van der Waals surface area contributed by atoms with Crippen molar-refractivity contribution in [3.8, 4) is 0 Å². The molecule has 1 aromatic rings. The molecule has 0 saturated carbocycles. The van der Waals surface area contributed by atoms with Crippen molar-refractivity contribution >= 4 is 11.8 Å². The number of hydrogen-bond acceptors (Lipinski definition) is 1. The van der Waals surface area contributed by atoms with Gasteiger partial charge in [0.05, 0.1) is 0 Å². The Hall–Kier alpha value is -1.24. The quantitative estimate of drug-likeness (QED) is 0.651. The van der Waals surface area contributed by atoms with E-state index in [2.05, 4.69) is 32.9 Å². The van der Waals surface area contributed by atoms with E-state index < -0.39 is 0 Å². The lowest BCUT2D eigenvalue weighted by molar-refractivity contribution is 0.547. The Morgan fingerprint density at radius 1 is 1.15 bits per heavy atom. The highest BCUT2D eigenvalue weighted by atomic mass is 14.5. The molecule has 0 fully saturated rings. The number of hydrogen-bond donors (Lipinski definition) is 1. The molecule has 0 aliphatic heterocycles. The summed E-state index contributed by atoms with van der Waals surface area (Å²) in [6.45, 7) is 6.51. The van der Waals surface area contributed by atoms with Crippen LogP contribution >= 0.6 is 0 Å². The van der Waals surface area contributed by atoms with Crippen molar-refractivity contribution in [1.29, 1.82) is 0 Å². The lowest BCUT2D eigenvalue weighted by Gasteiger charge is -2.11. The maximum Gasteiger partial charge on any atom is 0.0387 e. The van der Waals surface area contributed by atoms with Gasteiger partial charge in [-0.1, -0.05) is 51.1 Å². The molecule has 1 aromatic carbocycles. The fourth-order valence-corrected chi connectivity index (χ4v) is 1.00. The Labute approximate surface area is 80.3 Å². The molecule has 0 aliphatic rings. The second-order valence-corrected chi connectivity index (χ2v) is 4.33. The number of nitrogen functional groups attached to an aromatic ring is 1. The van der Waals surface area contributed by atoms with Crippen LogP contribution in [0.15, 0.2) is 30.3 Å². The molecule has 0 spiro atoms. The molecule has 2 N–H and O–H groups in total. The van der Waals surface area contributed by atoms with E-state index in [9.17, 15) is 0 Å². The number of allylic oxidation sites excluding steroid dienone is 1. The second-order valence-electron chi connectivity index (χ2n) is 4.33. The van der Waals surface area contributed by atoms with Gasteiger partial charge in [-0.3, -0.25) is 0 Å². The smallest absolute Gasteiger partial charge is 0.0387 e. The van der Waals surface area contributed by atoms with E-state index in [4.69, 9.17) is 5.73 Å². The number of nitrogens with two attached hydrogens (primary N) is 1. The minimum absolute atomic E-state index is 0.211. The summed E-state index contributed by atoms with van der Waals surface area (Å²) in [6.07, 6.45) is 4.24. The third-order valence-electron chi connectivity index (χ3n) is 1.76. The summed E-state index contributed by atoms with van der Waals surface area (Å²) in [5.41, 5.74) is 7.94. The molecule has 0 heterocycles. The number of benzene rings is 1. The predicted octanol–water partition coefficient (Wildman–Crippen LogP) is 3.33. The number of anilines is 1. The van der Waals surface area contributed by atoms with Crippen molar-refractivity contribution in [3.05, 3.63) is 35.9 Å². The zero-order valence-electron chi connectivity index (χ0n) is 8.54. The van der Waals surface area contributed by atoms with Crippen molar-refractivity contribution in [2.45, 2.75) is 20.8 Å². The Bertz CT molecular complexity index is 305. The van der Waals surface area contributed by atoms with E-state index in [0.29, 0.717) is 0 Å². The molecule has 70 valence electrons. The van der Waals surface area contributed by atoms with Crippen LogP contribution in [0.5, 0.6) is 0 Å². The molecule has 0 saturated heterocycles. The molecule has 0 amide bonds. The molecule has 1 heteroatoms. The molecule has 0 radical (unpaired) electrons. The summed E-state index contributed by atoms with van der Waals surface area (Å²) in [6, 6.07) is 7.89. The van der Waals surface area contributed by atoms with Gasteiger partial charge in [-0.15, -0.1) is 0 Å². The summed E-state index contributed by atoms with van der Waals surface area (Å²) in [5, 5.41) is 0. The molecule has 0 atom stereocenters. The second kappa shape index (κ2) is 3.65. The van der Waals surface area contributed by atoms with Gasteiger partial charge in [0, 0.05) is 5.69 Å². The van der Waals surface area contributed by atoms with Gasteiger partial charge in [-0.25, -0.2) is 0 Å². The molecule has 1 rings (SSSR count). The lowest BCUT2D eigenvalue weighted by atomic mass is 9.95. The lowest BCUT2D eigenvalue weighted by Crippen LogP contribution is -1.98. The summed E-state index contributed by atoms with van der Waals surface area (Å²) < 4.78 is 0. The Morgan fingerprint density at radius 2 is 1.77 bits per heavy atom. The van der Waals surface area contributed by atoms with Crippen molar-refractivity contribution < 1.29 is 0 Å². The highest BCUT2D eigenvalue weighted by Gasteiger charge is 2.03. The van der Waals surface area contributed by atoms with Crippen LogP contribution in [-0.4, -0.2) is 0 Å². The van der Waals surface area contributed by atoms with Crippen molar-refractivity contribution in [1.82, 2.24) is 0 Å². The van der Waals surface area contributed by atoms with E-state index in [1.165, 1.54) is 0 Å². The molecule has 0 aromatic heterocycles. The molecule has 1 nitrogen and oxygen atoms in total. The van der Waals surface area contributed by atoms with Gasteiger partial charge in [0.1, 0.15) is 0 Å². The third kappa shape index (κ3) is 3.32. The third-order valence-corrected chi connectivity index (χ3v) is 1.76. The van der Waals surface area contributed by atoms with Gasteiger partial charge in [-0.05, 0) is 17.0 Å². The Kier molecular flexibility index (Phi) is 2.76. The molecular weight excluding hydrogens is 158 g/mol. The summed E-state index contributed by atoms with van der Waals surface area (Å²) in [4.78, 5) is 0. The SMILES string of the molecule is CC(C)(C)C=Cc1ccccc1N. The van der Waals surface area contributed by atoms with E-state index in [0.717, 1.165) is 11.3 Å². The van der Waals surface area contributed by atoms with E-state index in [1.807, 2.05) is 24.3 Å². The zero-order valence-corrected chi connectivity index (χ0v) is 8.54. The monoisotopic (exact) mass is 175 g/mol. The minimum atomic E-state index is 0.211. The van der Waals surface area contributed by atoms with Crippen LogP contribution in [0.1, 0.15) is 26.3 Å². The number of rotatable bonds is 1. The molecule has 0 unspecified atom stereocenters. The van der Waals surface area contributed by atoms with Crippen LogP contribution in [0.4, 0.5) is 5.69 Å². The molecule has 13 heavy (non-hydrogen) atoms. The topological polar surface area (TPSA) is 26.0 Å². The van der Waals surface area contributed by atoms with Crippen molar-refractivity contribution in [2.24, 2.45) is 5.41 Å². The van der Waals surface area contributed by atoms with Crippen molar-refractivity contribution in [3.63, 3.8) is 0 Å². The zero-order chi connectivity index (χ0) is 9.90. The maximum atomic E-state index is 5.80. The van der Waals surface area contributed by atoms with E-state index in [1.54, 1.807) is 0 Å². The molecule has 0 bridgehead atoms. The predicted molar refractivity (Wildman–Crippen MR) is 59.3 cm³/mol. The van der Waals surface area contributed by atoms with Gasteiger partial charge in [0.2, 0.25) is 0 Å².